The van der Waals surface area contributed by atoms with E-state index in [-0.39, 0.29) is 0 Å². The maximum atomic E-state index is 9.73. The number of aliphatic hydroxyl groups is 1. The smallest absolute Gasteiger partial charge is 0.213 e. The number of aryl methyl sites for hydroxylation is 1. The van der Waals surface area contributed by atoms with E-state index < -0.39 is 6.10 Å². The van der Waals surface area contributed by atoms with Gasteiger partial charge in [0.15, 0.2) is 5.82 Å². The Kier molecular flexibility index (Phi) is 6.06. The minimum absolute atomic E-state index is 0.303. The lowest BCUT2D eigenvalue weighted by molar-refractivity contribution is 0.0382. The second-order valence-electron chi connectivity index (χ2n) is 4.32. The maximum absolute atomic E-state index is 9.73. The van der Waals surface area contributed by atoms with Crippen LogP contribution in [0.1, 0.15) is 16.4 Å². The normalized spacial score (nSPS) is 12.7. The van der Waals surface area contributed by atoms with Gasteiger partial charge in [0, 0.05) is 17.8 Å². The molecular weight excluding hydrogens is 280 g/mol. The molecule has 0 aliphatic heterocycles. The molecule has 0 bridgehead atoms. The number of hydrogen-bond donors (Lipinski definition) is 2. The van der Waals surface area contributed by atoms with Crippen LogP contribution >= 0.6 is 11.3 Å². The molecule has 2 N–H and O–H groups in total. The van der Waals surface area contributed by atoms with Gasteiger partial charge in [0.25, 0.3) is 0 Å². The lowest BCUT2D eigenvalue weighted by Crippen LogP contribution is -2.30. The highest BCUT2D eigenvalue weighted by atomic mass is 32.1. The zero-order chi connectivity index (χ0) is 14.2. The molecule has 0 aromatic carbocycles. The van der Waals surface area contributed by atoms with Crippen molar-refractivity contribution < 1.29 is 14.4 Å². The minimum Gasteiger partial charge on any atom is -0.389 e. The molecule has 0 spiro atoms. The van der Waals surface area contributed by atoms with Gasteiger partial charge in [0.2, 0.25) is 6.39 Å². The number of nitrogens with one attached hydrogen (secondary N) is 1. The predicted octanol–water partition coefficient (Wildman–Crippen LogP) is 0.544. The summed E-state index contributed by atoms with van der Waals surface area (Å²) < 4.78 is 10.1. The molecule has 2 aromatic heterocycles. The third-order valence-corrected chi connectivity index (χ3v) is 3.69. The molecule has 0 saturated carbocycles. The highest BCUT2D eigenvalue weighted by Gasteiger charge is 2.06. The van der Waals surface area contributed by atoms with Crippen molar-refractivity contribution in [2.75, 3.05) is 19.8 Å². The Morgan fingerprint density at radius 1 is 1.50 bits per heavy atom. The van der Waals surface area contributed by atoms with E-state index in [1.54, 1.807) is 11.3 Å². The van der Waals surface area contributed by atoms with E-state index in [0.717, 1.165) is 12.1 Å². The quantitative estimate of drug-likeness (QED) is 0.653. The van der Waals surface area contributed by atoms with Gasteiger partial charge in [-0.1, -0.05) is 5.16 Å². The molecule has 0 radical (unpaired) electrons. The van der Waals surface area contributed by atoms with E-state index in [1.807, 2.05) is 12.4 Å². The molecule has 0 amide bonds. The summed E-state index contributed by atoms with van der Waals surface area (Å²) in [6.45, 7) is 3.77. The van der Waals surface area contributed by atoms with Crippen LogP contribution in [0, 0.1) is 6.92 Å². The van der Waals surface area contributed by atoms with E-state index in [0.29, 0.717) is 32.1 Å². The monoisotopic (exact) mass is 298 g/mol. The highest BCUT2D eigenvalue weighted by molar-refractivity contribution is 7.09. The number of rotatable bonds is 9. The van der Waals surface area contributed by atoms with Crippen LogP contribution in [-0.4, -0.2) is 46.1 Å². The zero-order valence-electron chi connectivity index (χ0n) is 11.3. The first-order chi connectivity index (χ1) is 9.75. The van der Waals surface area contributed by atoms with Gasteiger partial charge in [-0.3, -0.25) is 0 Å². The summed E-state index contributed by atoms with van der Waals surface area (Å²) in [5.41, 5.74) is 2.89. The molecule has 7 nitrogen and oxygen atoms in total. The van der Waals surface area contributed by atoms with E-state index in [2.05, 4.69) is 25.0 Å². The standard InChI is InChI=1S/C12H18N4O3S/c1-9-11(20-8-15-9)2-3-18-6-10(17)4-13-5-12-14-7-19-16-12/h7-8,10,13,17H,2-6H2,1H3. The predicted molar refractivity (Wildman–Crippen MR) is 73.4 cm³/mol. The fourth-order valence-corrected chi connectivity index (χ4v) is 2.39. The van der Waals surface area contributed by atoms with Gasteiger partial charge in [0.1, 0.15) is 0 Å². The number of hydrogen-bond acceptors (Lipinski definition) is 8. The molecular formula is C12H18N4O3S. The Bertz CT molecular complexity index is 489. The average Bonchev–Trinajstić information content (AvgIpc) is 3.07. The molecule has 8 heteroatoms. The first kappa shape index (κ1) is 15.0. The third kappa shape index (κ3) is 4.97. The molecule has 0 fully saturated rings. The van der Waals surface area contributed by atoms with Crippen LogP contribution in [0.15, 0.2) is 16.4 Å². The first-order valence-electron chi connectivity index (χ1n) is 6.36. The summed E-state index contributed by atoms with van der Waals surface area (Å²) in [6, 6.07) is 0. The Labute approximate surface area is 121 Å². The van der Waals surface area contributed by atoms with Crippen LogP contribution in [-0.2, 0) is 17.7 Å². The van der Waals surface area contributed by atoms with Crippen LogP contribution in [0.25, 0.3) is 0 Å². The second kappa shape index (κ2) is 8.05. The molecule has 0 aliphatic rings. The van der Waals surface area contributed by atoms with Gasteiger partial charge in [-0.05, 0) is 6.92 Å². The molecule has 2 heterocycles. The molecule has 0 aliphatic carbocycles. The van der Waals surface area contributed by atoms with Crippen molar-refractivity contribution in [2.24, 2.45) is 0 Å². The van der Waals surface area contributed by atoms with Crippen LogP contribution < -0.4 is 5.32 Å². The SMILES string of the molecule is Cc1ncsc1CCOCC(O)CNCc1ncon1. The Hall–Kier alpha value is -1.35. The molecule has 0 saturated heterocycles. The van der Waals surface area contributed by atoms with Gasteiger partial charge in [0.05, 0.1) is 37.1 Å². The summed E-state index contributed by atoms with van der Waals surface area (Å²) in [6.07, 6.45) is 1.56. The van der Waals surface area contributed by atoms with Crippen molar-refractivity contribution in [3.8, 4) is 0 Å². The molecule has 20 heavy (non-hydrogen) atoms. The molecule has 2 rings (SSSR count). The Morgan fingerprint density at radius 3 is 3.10 bits per heavy atom. The van der Waals surface area contributed by atoms with Gasteiger partial charge < -0.3 is 19.7 Å². The number of aliphatic hydroxyl groups excluding tert-OH is 1. The maximum Gasteiger partial charge on any atom is 0.213 e. The number of nitrogens with zero attached hydrogens (tertiary/aromatic N) is 3. The average molecular weight is 298 g/mol. The summed E-state index contributed by atoms with van der Waals surface area (Å²) in [5, 5.41) is 16.4. The lowest BCUT2D eigenvalue weighted by Gasteiger charge is -2.11. The van der Waals surface area contributed by atoms with E-state index >= 15 is 0 Å². The van der Waals surface area contributed by atoms with E-state index in [1.165, 1.54) is 11.3 Å². The van der Waals surface area contributed by atoms with Crippen molar-refractivity contribution in [1.29, 1.82) is 0 Å². The van der Waals surface area contributed by atoms with Crippen molar-refractivity contribution in [1.82, 2.24) is 20.4 Å². The largest absolute Gasteiger partial charge is 0.389 e. The minimum atomic E-state index is -0.551. The summed E-state index contributed by atoms with van der Waals surface area (Å²) >= 11 is 1.63. The van der Waals surface area contributed by atoms with Crippen LogP contribution in [0.3, 0.4) is 0 Å². The van der Waals surface area contributed by atoms with Crippen LogP contribution in [0.2, 0.25) is 0 Å². The number of thiazole rings is 1. The summed E-state index contributed by atoms with van der Waals surface area (Å²) in [5.74, 6) is 0.568. The van der Waals surface area contributed by atoms with Crippen molar-refractivity contribution in [2.45, 2.75) is 26.0 Å². The molecule has 1 unspecified atom stereocenters. The van der Waals surface area contributed by atoms with E-state index in [4.69, 9.17) is 4.74 Å². The van der Waals surface area contributed by atoms with E-state index in [9.17, 15) is 5.11 Å². The number of aromatic nitrogens is 3. The summed E-state index contributed by atoms with van der Waals surface area (Å²) in [7, 11) is 0. The zero-order valence-corrected chi connectivity index (χ0v) is 12.1. The highest BCUT2D eigenvalue weighted by Crippen LogP contribution is 2.12. The number of ether oxygens (including phenoxy) is 1. The van der Waals surface area contributed by atoms with Crippen molar-refractivity contribution >= 4 is 11.3 Å². The van der Waals surface area contributed by atoms with Crippen molar-refractivity contribution in [3.63, 3.8) is 0 Å². The fraction of sp³-hybridized carbons (Fsp3) is 0.583. The Balaban J connectivity index is 1.52. The van der Waals surface area contributed by atoms with Gasteiger partial charge in [-0.15, -0.1) is 11.3 Å². The van der Waals surface area contributed by atoms with Crippen LogP contribution in [0.5, 0.6) is 0 Å². The fourth-order valence-electron chi connectivity index (χ4n) is 1.63. The molecule has 110 valence electrons. The topological polar surface area (TPSA) is 93.3 Å². The van der Waals surface area contributed by atoms with Gasteiger partial charge in [-0.2, -0.15) is 4.98 Å². The molecule has 1 atom stereocenters. The van der Waals surface area contributed by atoms with Gasteiger partial charge >= 0.3 is 0 Å². The third-order valence-electron chi connectivity index (χ3n) is 2.70. The van der Waals surface area contributed by atoms with Gasteiger partial charge in [-0.25, -0.2) is 4.98 Å². The second-order valence-corrected chi connectivity index (χ2v) is 5.26. The first-order valence-corrected chi connectivity index (χ1v) is 7.24. The lowest BCUT2D eigenvalue weighted by atomic mass is 10.3. The van der Waals surface area contributed by atoms with Crippen LogP contribution in [0.4, 0.5) is 0 Å². The Morgan fingerprint density at radius 2 is 2.40 bits per heavy atom. The summed E-state index contributed by atoms with van der Waals surface area (Å²) in [4.78, 5) is 9.28. The molecule has 2 aromatic rings. The van der Waals surface area contributed by atoms with Crippen molar-refractivity contribution in [3.05, 3.63) is 28.3 Å².